The predicted octanol–water partition coefficient (Wildman–Crippen LogP) is 0.778. The number of nitrogens with zero attached hydrogens (tertiary/aromatic N) is 6. The van der Waals surface area contributed by atoms with Crippen LogP contribution in [0.5, 0.6) is 0 Å². The van der Waals surface area contributed by atoms with Crippen LogP contribution in [0.3, 0.4) is 0 Å². The van der Waals surface area contributed by atoms with Crippen molar-refractivity contribution in [2.45, 2.75) is 18.4 Å². The first-order valence-electron chi connectivity index (χ1n) is 8.47. The zero-order valence-corrected chi connectivity index (χ0v) is 13.9. The third-order valence-corrected chi connectivity index (χ3v) is 4.69. The summed E-state index contributed by atoms with van der Waals surface area (Å²) in [5.74, 6) is 0.617. The molecular weight excluding hydrogens is 320 g/mol. The zero-order valence-electron chi connectivity index (χ0n) is 13.9. The molecule has 0 saturated carbocycles. The molecular formula is C17H20N6O2. The van der Waals surface area contributed by atoms with Gasteiger partial charge in [-0.15, -0.1) is 0 Å². The Kier molecular flexibility index (Phi) is 4.27. The van der Waals surface area contributed by atoms with Gasteiger partial charge in [0.1, 0.15) is 11.3 Å². The van der Waals surface area contributed by atoms with Crippen LogP contribution in [0.1, 0.15) is 23.3 Å². The molecule has 2 fully saturated rings. The molecule has 1 amide bonds. The first-order chi connectivity index (χ1) is 12.3. The Balaban J connectivity index is 1.51. The van der Waals surface area contributed by atoms with Gasteiger partial charge < -0.3 is 14.5 Å². The van der Waals surface area contributed by atoms with Crippen molar-refractivity contribution in [3.8, 4) is 0 Å². The second-order valence-corrected chi connectivity index (χ2v) is 6.42. The molecule has 0 unspecified atom stereocenters. The van der Waals surface area contributed by atoms with E-state index in [9.17, 15) is 4.79 Å². The van der Waals surface area contributed by atoms with Gasteiger partial charge in [0.25, 0.3) is 5.91 Å². The third-order valence-electron chi connectivity index (χ3n) is 4.69. The number of ether oxygens (including phenoxy) is 1. The molecule has 0 bridgehead atoms. The Hall–Kier alpha value is -2.61. The number of carbonyl (C=O) groups is 1. The lowest BCUT2D eigenvalue weighted by Crippen LogP contribution is -2.61. The summed E-state index contributed by atoms with van der Waals surface area (Å²) in [5, 5.41) is 0. The minimum Gasteiger partial charge on any atom is -0.369 e. The van der Waals surface area contributed by atoms with Gasteiger partial charge in [0, 0.05) is 37.9 Å². The van der Waals surface area contributed by atoms with Crippen molar-refractivity contribution in [2.75, 3.05) is 37.7 Å². The van der Waals surface area contributed by atoms with E-state index in [1.807, 2.05) is 11.0 Å². The van der Waals surface area contributed by atoms with Gasteiger partial charge in [-0.1, -0.05) is 0 Å². The van der Waals surface area contributed by atoms with Gasteiger partial charge in [-0.25, -0.2) is 15.0 Å². The summed E-state index contributed by atoms with van der Waals surface area (Å²) in [6.07, 6.45) is 10.0. The highest BCUT2D eigenvalue weighted by Gasteiger charge is 2.42. The molecule has 2 aliphatic heterocycles. The Labute approximate surface area is 145 Å². The third kappa shape index (κ3) is 3.30. The number of piperidine rings is 1. The van der Waals surface area contributed by atoms with Crippen molar-refractivity contribution in [3.05, 3.63) is 42.7 Å². The van der Waals surface area contributed by atoms with Crippen molar-refractivity contribution in [3.63, 3.8) is 0 Å². The highest BCUT2D eigenvalue weighted by Crippen LogP contribution is 2.30. The standard InChI is InChI=1S/C17H20N6O2/c24-15(14-11-18-6-7-19-14)22-9-10-25-17(12-22)3-1-8-23(13-17)16-20-4-2-5-21-16/h2,4-7,11H,1,3,8-10,12-13H2/t17-/m1/s1. The Morgan fingerprint density at radius 3 is 2.76 bits per heavy atom. The summed E-state index contributed by atoms with van der Waals surface area (Å²) >= 11 is 0. The van der Waals surface area contributed by atoms with Crippen molar-refractivity contribution in [1.82, 2.24) is 24.8 Å². The average Bonchev–Trinajstić information content (AvgIpc) is 2.69. The molecule has 2 aromatic rings. The molecule has 1 atom stereocenters. The van der Waals surface area contributed by atoms with Crippen LogP contribution in [0.4, 0.5) is 5.95 Å². The summed E-state index contributed by atoms with van der Waals surface area (Å²) < 4.78 is 6.15. The van der Waals surface area contributed by atoms with E-state index in [0.717, 1.165) is 19.4 Å². The molecule has 8 heteroatoms. The predicted molar refractivity (Wildman–Crippen MR) is 90.1 cm³/mol. The van der Waals surface area contributed by atoms with Gasteiger partial charge in [-0.2, -0.15) is 0 Å². The van der Waals surface area contributed by atoms with Crippen LogP contribution in [0.2, 0.25) is 0 Å². The minimum atomic E-state index is -0.381. The lowest BCUT2D eigenvalue weighted by atomic mass is 9.90. The maximum absolute atomic E-state index is 12.7. The van der Waals surface area contributed by atoms with Crippen LogP contribution in [0.15, 0.2) is 37.1 Å². The van der Waals surface area contributed by atoms with Crippen LogP contribution in [-0.2, 0) is 4.74 Å². The molecule has 2 saturated heterocycles. The Morgan fingerprint density at radius 2 is 1.96 bits per heavy atom. The van der Waals surface area contributed by atoms with Crippen LogP contribution < -0.4 is 4.90 Å². The number of hydrogen-bond donors (Lipinski definition) is 0. The SMILES string of the molecule is O=C(c1cnccn1)N1CCO[C@]2(CCCN(c3ncccn3)C2)C1. The van der Waals surface area contributed by atoms with E-state index in [2.05, 4.69) is 24.8 Å². The maximum atomic E-state index is 12.7. The van der Waals surface area contributed by atoms with Crippen LogP contribution in [-0.4, -0.2) is 69.1 Å². The maximum Gasteiger partial charge on any atom is 0.274 e. The van der Waals surface area contributed by atoms with Gasteiger partial charge >= 0.3 is 0 Å². The minimum absolute atomic E-state index is 0.0936. The number of rotatable bonds is 2. The normalized spacial score (nSPS) is 23.7. The van der Waals surface area contributed by atoms with Gasteiger partial charge in [-0.05, 0) is 18.9 Å². The summed E-state index contributed by atoms with van der Waals surface area (Å²) in [6, 6.07) is 1.81. The van der Waals surface area contributed by atoms with Crippen molar-refractivity contribution in [2.24, 2.45) is 0 Å². The van der Waals surface area contributed by atoms with Gasteiger partial charge in [0.2, 0.25) is 5.95 Å². The fraction of sp³-hybridized carbons (Fsp3) is 0.471. The molecule has 2 aliphatic rings. The van der Waals surface area contributed by atoms with Gasteiger partial charge in [0.05, 0.1) is 25.9 Å². The van der Waals surface area contributed by atoms with Gasteiger partial charge in [-0.3, -0.25) is 9.78 Å². The number of aromatic nitrogens is 4. The monoisotopic (exact) mass is 340 g/mol. The molecule has 1 spiro atoms. The van der Waals surface area contributed by atoms with E-state index in [1.165, 1.54) is 6.20 Å². The summed E-state index contributed by atoms with van der Waals surface area (Å²) in [7, 11) is 0. The highest BCUT2D eigenvalue weighted by atomic mass is 16.5. The quantitative estimate of drug-likeness (QED) is 0.798. The second-order valence-electron chi connectivity index (χ2n) is 6.42. The van der Waals surface area contributed by atoms with E-state index < -0.39 is 0 Å². The molecule has 0 radical (unpaired) electrons. The molecule has 4 heterocycles. The lowest BCUT2D eigenvalue weighted by Gasteiger charge is -2.47. The number of anilines is 1. The Morgan fingerprint density at radius 1 is 1.08 bits per heavy atom. The molecule has 8 nitrogen and oxygen atoms in total. The van der Waals surface area contributed by atoms with E-state index in [1.54, 1.807) is 24.8 Å². The molecule has 0 aliphatic carbocycles. The lowest BCUT2D eigenvalue weighted by molar-refractivity contribution is -0.105. The highest BCUT2D eigenvalue weighted by molar-refractivity contribution is 5.92. The molecule has 0 N–H and O–H groups in total. The van der Waals surface area contributed by atoms with Crippen LogP contribution >= 0.6 is 0 Å². The molecule has 25 heavy (non-hydrogen) atoms. The topological polar surface area (TPSA) is 84.3 Å². The number of hydrogen-bond acceptors (Lipinski definition) is 7. The summed E-state index contributed by atoms with van der Waals surface area (Å²) in [6.45, 7) is 3.22. The smallest absolute Gasteiger partial charge is 0.274 e. The Bertz CT molecular complexity index is 724. The molecule has 4 rings (SSSR count). The van der Waals surface area contributed by atoms with Crippen molar-refractivity contribution >= 4 is 11.9 Å². The number of carbonyl (C=O) groups excluding carboxylic acids is 1. The second kappa shape index (κ2) is 6.72. The van der Waals surface area contributed by atoms with E-state index in [4.69, 9.17) is 4.74 Å². The van der Waals surface area contributed by atoms with Gasteiger partial charge in [0.15, 0.2) is 0 Å². The summed E-state index contributed by atoms with van der Waals surface area (Å²) in [5.41, 5.74) is -0.00767. The fourth-order valence-electron chi connectivity index (χ4n) is 3.56. The number of amides is 1. The molecule has 0 aromatic carbocycles. The summed E-state index contributed by atoms with van der Waals surface area (Å²) in [4.78, 5) is 33.5. The van der Waals surface area contributed by atoms with Crippen molar-refractivity contribution < 1.29 is 9.53 Å². The van der Waals surface area contributed by atoms with E-state index in [-0.39, 0.29) is 11.5 Å². The first-order valence-corrected chi connectivity index (χ1v) is 8.47. The fourth-order valence-corrected chi connectivity index (χ4v) is 3.56. The largest absolute Gasteiger partial charge is 0.369 e. The zero-order chi connectivity index (χ0) is 17.1. The van der Waals surface area contributed by atoms with Crippen molar-refractivity contribution in [1.29, 1.82) is 0 Å². The van der Waals surface area contributed by atoms with E-state index >= 15 is 0 Å². The average molecular weight is 340 g/mol. The van der Waals surface area contributed by atoms with E-state index in [0.29, 0.717) is 37.9 Å². The molecule has 130 valence electrons. The molecule has 2 aromatic heterocycles. The number of morpholine rings is 1. The van der Waals surface area contributed by atoms with Crippen LogP contribution in [0, 0.1) is 0 Å². The van der Waals surface area contributed by atoms with Crippen LogP contribution in [0.25, 0.3) is 0 Å². The first kappa shape index (κ1) is 15.9.